The summed E-state index contributed by atoms with van der Waals surface area (Å²) < 4.78 is 24.5. The van der Waals surface area contributed by atoms with Crippen molar-refractivity contribution in [3.8, 4) is 0 Å². The van der Waals surface area contributed by atoms with Crippen molar-refractivity contribution in [1.82, 2.24) is 14.2 Å². The van der Waals surface area contributed by atoms with Gasteiger partial charge >= 0.3 is 5.97 Å². The Labute approximate surface area is 151 Å². The van der Waals surface area contributed by atoms with Crippen LogP contribution in [0.5, 0.6) is 0 Å². The highest BCUT2D eigenvalue weighted by Gasteiger charge is 2.32. The monoisotopic (exact) mass is 389 g/mol. The van der Waals surface area contributed by atoms with Gasteiger partial charge in [0.15, 0.2) is 0 Å². The van der Waals surface area contributed by atoms with Gasteiger partial charge in [0, 0.05) is 24.5 Å². The quantitative estimate of drug-likeness (QED) is 0.731. The molecule has 0 spiro atoms. The van der Waals surface area contributed by atoms with Crippen LogP contribution < -0.4 is 0 Å². The summed E-state index contributed by atoms with van der Waals surface area (Å²) in [4.78, 5) is 29.5. The molecular weight excluding hydrogens is 366 g/mol. The van der Waals surface area contributed by atoms with Crippen molar-refractivity contribution in [2.45, 2.75) is 38.6 Å². The van der Waals surface area contributed by atoms with Gasteiger partial charge in [-0.25, -0.2) is 17.7 Å². The zero-order valence-electron chi connectivity index (χ0n) is 14.3. The van der Waals surface area contributed by atoms with Crippen LogP contribution in [0.1, 0.15) is 30.5 Å². The standard InChI is InChI=1S/C15H23N3O5S2/c1-3-13-16-11(10-24-13)8-14(19)18(9-15(20)21)12-4-6-17(7-5-12)25(2,22)23/h10,12H,3-9H2,1-2H3,(H,20,21). The highest BCUT2D eigenvalue weighted by atomic mass is 32.2. The SMILES string of the molecule is CCc1nc(CC(=O)N(CC(=O)O)C2CCN(S(C)(=O)=O)CC2)cs1. The molecule has 0 saturated carbocycles. The number of piperidine rings is 1. The minimum atomic E-state index is -3.26. The van der Waals surface area contributed by atoms with E-state index in [0.717, 1.165) is 17.7 Å². The topological polar surface area (TPSA) is 108 Å². The molecule has 0 atom stereocenters. The van der Waals surface area contributed by atoms with Crippen LogP contribution >= 0.6 is 11.3 Å². The van der Waals surface area contributed by atoms with Crippen molar-refractivity contribution in [2.24, 2.45) is 0 Å². The van der Waals surface area contributed by atoms with Gasteiger partial charge < -0.3 is 10.0 Å². The summed E-state index contributed by atoms with van der Waals surface area (Å²) in [6.07, 6.45) is 2.88. The molecule has 0 bridgehead atoms. The highest BCUT2D eigenvalue weighted by Crippen LogP contribution is 2.20. The summed E-state index contributed by atoms with van der Waals surface area (Å²) in [7, 11) is -3.26. The molecule has 0 aromatic carbocycles. The molecule has 1 amide bonds. The number of rotatable bonds is 7. The summed E-state index contributed by atoms with van der Waals surface area (Å²) in [6, 6.07) is -0.272. The van der Waals surface area contributed by atoms with Gasteiger partial charge in [-0.2, -0.15) is 0 Å². The summed E-state index contributed by atoms with van der Waals surface area (Å²) >= 11 is 1.48. The zero-order valence-corrected chi connectivity index (χ0v) is 16.0. The lowest BCUT2D eigenvalue weighted by Gasteiger charge is -2.36. The Balaban J connectivity index is 2.05. The van der Waals surface area contributed by atoms with Gasteiger partial charge in [-0.15, -0.1) is 11.3 Å². The Morgan fingerprint density at radius 2 is 2.04 bits per heavy atom. The van der Waals surface area contributed by atoms with Crippen LogP contribution in [-0.4, -0.2) is 71.5 Å². The fourth-order valence-corrected chi connectivity index (χ4v) is 4.52. The number of thiazole rings is 1. The Morgan fingerprint density at radius 1 is 1.40 bits per heavy atom. The van der Waals surface area contributed by atoms with Gasteiger partial charge in [0.25, 0.3) is 0 Å². The Morgan fingerprint density at radius 3 is 2.52 bits per heavy atom. The predicted octanol–water partition coefficient (Wildman–Crippen LogP) is 0.585. The molecule has 8 nitrogen and oxygen atoms in total. The van der Waals surface area contributed by atoms with E-state index in [1.807, 2.05) is 12.3 Å². The number of hydrogen-bond donors (Lipinski definition) is 1. The minimum Gasteiger partial charge on any atom is -0.480 e. The van der Waals surface area contributed by atoms with Crippen molar-refractivity contribution < 1.29 is 23.1 Å². The van der Waals surface area contributed by atoms with E-state index >= 15 is 0 Å². The van der Waals surface area contributed by atoms with E-state index in [1.165, 1.54) is 20.5 Å². The molecule has 1 aliphatic rings. The van der Waals surface area contributed by atoms with Crippen molar-refractivity contribution in [3.05, 3.63) is 16.1 Å². The van der Waals surface area contributed by atoms with E-state index in [1.54, 1.807) is 0 Å². The van der Waals surface area contributed by atoms with Gasteiger partial charge in [-0.3, -0.25) is 9.59 Å². The number of carboxylic acids is 1. The number of aliphatic carboxylic acids is 1. The number of hydrogen-bond acceptors (Lipinski definition) is 6. The van der Waals surface area contributed by atoms with E-state index in [4.69, 9.17) is 5.11 Å². The van der Waals surface area contributed by atoms with Crippen LogP contribution in [0.4, 0.5) is 0 Å². The molecule has 1 aliphatic heterocycles. The fraction of sp³-hybridized carbons (Fsp3) is 0.667. The Hall–Kier alpha value is -1.52. The van der Waals surface area contributed by atoms with Crippen molar-refractivity contribution in [1.29, 1.82) is 0 Å². The minimum absolute atomic E-state index is 0.0655. The molecule has 10 heteroatoms. The molecule has 0 radical (unpaired) electrons. The number of nitrogens with zero attached hydrogens (tertiary/aromatic N) is 3. The molecule has 2 heterocycles. The van der Waals surface area contributed by atoms with Crippen LogP contribution in [0.15, 0.2) is 5.38 Å². The van der Waals surface area contributed by atoms with Gasteiger partial charge in [-0.1, -0.05) is 6.92 Å². The second-order valence-corrected chi connectivity index (χ2v) is 9.00. The maximum atomic E-state index is 12.6. The average Bonchev–Trinajstić information content (AvgIpc) is 2.99. The van der Waals surface area contributed by atoms with E-state index in [9.17, 15) is 18.0 Å². The fourth-order valence-electron chi connectivity index (χ4n) is 2.90. The average molecular weight is 389 g/mol. The molecule has 1 aromatic rings. The lowest BCUT2D eigenvalue weighted by Crippen LogP contribution is -2.50. The summed E-state index contributed by atoms with van der Waals surface area (Å²) in [5.41, 5.74) is 0.649. The van der Waals surface area contributed by atoms with Gasteiger partial charge in [-0.05, 0) is 19.3 Å². The number of aromatic nitrogens is 1. The Bertz CT molecular complexity index is 723. The van der Waals surface area contributed by atoms with E-state index in [0.29, 0.717) is 31.6 Å². The lowest BCUT2D eigenvalue weighted by atomic mass is 10.0. The first-order chi connectivity index (χ1) is 11.7. The largest absolute Gasteiger partial charge is 0.480 e. The molecule has 1 saturated heterocycles. The maximum Gasteiger partial charge on any atom is 0.323 e. The second kappa shape index (κ2) is 8.24. The first-order valence-electron chi connectivity index (χ1n) is 8.10. The smallest absolute Gasteiger partial charge is 0.323 e. The van der Waals surface area contributed by atoms with Gasteiger partial charge in [0.2, 0.25) is 15.9 Å². The zero-order chi connectivity index (χ0) is 18.6. The molecule has 1 fully saturated rings. The number of carbonyl (C=O) groups excluding carboxylic acids is 1. The van der Waals surface area contributed by atoms with Crippen molar-refractivity contribution >= 4 is 33.2 Å². The van der Waals surface area contributed by atoms with Crippen molar-refractivity contribution in [2.75, 3.05) is 25.9 Å². The third-order valence-corrected chi connectivity index (χ3v) is 6.54. The Kier molecular flexibility index (Phi) is 6.53. The van der Waals surface area contributed by atoms with Crippen LogP contribution in [0.25, 0.3) is 0 Å². The molecule has 2 rings (SSSR count). The third-order valence-electron chi connectivity index (χ3n) is 4.19. The number of carboxylic acid groups (broad SMARTS) is 1. The second-order valence-electron chi connectivity index (χ2n) is 6.07. The molecule has 140 valence electrons. The van der Waals surface area contributed by atoms with Gasteiger partial charge in [0.1, 0.15) is 6.54 Å². The first-order valence-corrected chi connectivity index (χ1v) is 10.8. The normalized spacial score (nSPS) is 16.7. The molecule has 0 unspecified atom stereocenters. The summed E-state index contributed by atoms with van der Waals surface area (Å²) in [6.45, 7) is 2.19. The third kappa shape index (κ3) is 5.48. The molecular formula is C15H23N3O5S2. The number of carbonyl (C=O) groups is 2. The molecule has 1 aromatic heterocycles. The first kappa shape index (κ1) is 19.8. The van der Waals surface area contributed by atoms with Crippen LogP contribution in [0, 0.1) is 0 Å². The van der Waals surface area contributed by atoms with Crippen LogP contribution in [-0.2, 0) is 32.5 Å². The summed E-state index contributed by atoms with van der Waals surface area (Å²) in [5.74, 6) is -1.36. The number of amides is 1. The number of aryl methyl sites for hydroxylation is 1. The summed E-state index contributed by atoms with van der Waals surface area (Å²) in [5, 5.41) is 11.9. The molecule has 25 heavy (non-hydrogen) atoms. The van der Waals surface area contributed by atoms with E-state index in [2.05, 4.69) is 4.98 Å². The van der Waals surface area contributed by atoms with Crippen molar-refractivity contribution in [3.63, 3.8) is 0 Å². The highest BCUT2D eigenvalue weighted by molar-refractivity contribution is 7.88. The van der Waals surface area contributed by atoms with E-state index in [-0.39, 0.29) is 24.9 Å². The molecule has 1 N–H and O–H groups in total. The van der Waals surface area contributed by atoms with E-state index < -0.39 is 16.0 Å². The maximum absolute atomic E-state index is 12.6. The van der Waals surface area contributed by atoms with Gasteiger partial charge in [0.05, 0.1) is 23.4 Å². The van der Waals surface area contributed by atoms with Crippen LogP contribution in [0.3, 0.4) is 0 Å². The number of sulfonamides is 1. The predicted molar refractivity (Wildman–Crippen MR) is 94.0 cm³/mol. The van der Waals surface area contributed by atoms with Crippen LogP contribution in [0.2, 0.25) is 0 Å². The lowest BCUT2D eigenvalue weighted by molar-refractivity contribution is -0.146. The molecule has 0 aliphatic carbocycles.